The summed E-state index contributed by atoms with van der Waals surface area (Å²) in [7, 11) is 0. The first-order valence-electron chi connectivity index (χ1n) is 16.7. The van der Waals surface area contributed by atoms with E-state index in [-0.39, 0.29) is 24.7 Å². The minimum atomic E-state index is -0.638. The molecule has 0 aliphatic carbocycles. The molecule has 8 nitrogen and oxygen atoms in total. The second kappa shape index (κ2) is 14.9. The Morgan fingerprint density at radius 1 is 1.09 bits per heavy atom. The van der Waals surface area contributed by atoms with E-state index in [0.29, 0.717) is 18.8 Å². The van der Waals surface area contributed by atoms with Gasteiger partial charge in [-0.15, -0.1) is 0 Å². The van der Waals surface area contributed by atoms with Crippen LogP contribution in [0.5, 0.6) is 0 Å². The number of aryl methyl sites for hydroxylation is 2. The Labute approximate surface area is 268 Å². The number of carbonyl (C=O) groups is 2. The quantitative estimate of drug-likeness (QED) is 0.217. The smallest absolute Gasteiger partial charge is 0.311 e. The molecule has 0 bridgehead atoms. The van der Waals surface area contributed by atoms with Crippen LogP contribution >= 0.6 is 0 Å². The molecule has 0 saturated carbocycles. The molecule has 1 aromatic heterocycles. The van der Waals surface area contributed by atoms with E-state index in [2.05, 4.69) is 45.6 Å². The molecule has 1 fully saturated rings. The summed E-state index contributed by atoms with van der Waals surface area (Å²) in [5.74, 6) is 1.28. The van der Waals surface area contributed by atoms with E-state index < -0.39 is 11.5 Å². The van der Waals surface area contributed by atoms with Crippen LogP contribution in [0, 0.1) is 5.92 Å². The van der Waals surface area contributed by atoms with Crippen LogP contribution in [0.3, 0.4) is 0 Å². The zero-order valence-electron chi connectivity index (χ0n) is 27.4. The van der Waals surface area contributed by atoms with Crippen molar-refractivity contribution in [2.45, 2.75) is 90.6 Å². The van der Waals surface area contributed by atoms with E-state index in [0.717, 1.165) is 68.1 Å². The third-order valence-corrected chi connectivity index (χ3v) is 8.88. The summed E-state index contributed by atoms with van der Waals surface area (Å²) in [4.78, 5) is 37.9. The summed E-state index contributed by atoms with van der Waals surface area (Å²) in [6.07, 6.45) is 8.03. The molecule has 2 aromatic carbocycles. The van der Waals surface area contributed by atoms with Gasteiger partial charge < -0.3 is 20.3 Å². The molecule has 5 rings (SSSR count). The number of fused-ring (bicyclic) bond motifs is 1. The molecule has 8 heteroatoms. The number of aromatic nitrogens is 2. The number of ketones is 1. The van der Waals surface area contributed by atoms with E-state index in [1.54, 1.807) is 6.33 Å². The molecule has 0 unspecified atom stereocenters. The highest BCUT2D eigenvalue weighted by Crippen LogP contribution is 2.35. The van der Waals surface area contributed by atoms with E-state index in [4.69, 9.17) is 9.72 Å². The molecule has 0 spiro atoms. The molecular formula is C37H49N5O3. The highest BCUT2D eigenvalue weighted by atomic mass is 16.6. The monoisotopic (exact) mass is 611 g/mol. The number of anilines is 3. The second-order valence-corrected chi connectivity index (χ2v) is 13.4. The Bertz CT molecular complexity index is 1440. The Morgan fingerprint density at radius 3 is 2.60 bits per heavy atom. The fourth-order valence-electron chi connectivity index (χ4n) is 6.46. The van der Waals surface area contributed by atoms with Gasteiger partial charge in [0.2, 0.25) is 0 Å². The third kappa shape index (κ3) is 8.83. The highest BCUT2D eigenvalue weighted by Gasteiger charge is 2.29. The van der Waals surface area contributed by atoms with Gasteiger partial charge in [-0.3, -0.25) is 9.59 Å². The van der Waals surface area contributed by atoms with Crippen LogP contribution in [0.2, 0.25) is 0 Å². The van der Waals surface area contributed by atoms with Gasteiger partial charge in [-0.05, 0) is 88.0 Å². The van der Waals surface area contributed by atoms with Crippen LogP contribution in [-0.2, 0) is 33.6 Å². The van der Waals surface area contributed by atoms with Crippen LogP contribution in [-0.4, -0.2) is 53.5 Å². The van der Waals surface area contributed by atoms with Gasteiger partial charge in [-0.25, -0.2) is 9.97 Å². The number of hydrogen-bond donors (Lipinski definition) is 2. The maximum absolute atomic E-state index is 13.2. The Kier molecular flexibility index (Phi) is 10.7. The van der Waals surface area contributed by atoms with Crippen molar-refractivity contribution in [3.63, 3.8) is 0 Å². The predicted octanol–water partition coefficient (Wildman–Crippen LogP) is 6.74. The normalized spacial score (nSPS) is 16.0. The maximum atomic E-state index is 13.2. The van der Waals surface area contributed by atoms with Crippen molar-refractivity contribution in [3.8, 4) is 0 Å². The van der Waals surface area contributed by atoms with Gasteiger partial charge in [0.1, 0.15) is 29.3 Å². The van der Waals surface area contributed by atoms with Crippen LogP contribution in [0.1, 0.15) is 88.0 Å². The van der Waals surface area contributed by atoms with Crippen LogP contribution in [0.15, 0.2) is 54.9 Å². The number of esters is 1. The van der Waals surface area contributed by atoms with Crippen molar-refractivity contribution in [3.05, 3.63) is 77.1 Å². The molecule has 3 aromatic rings. The zero-order chi connectivity index (χ0) is 31.8. The number of carbonyl (C=O) groups excluding carboxylic acids is 2. The third-order valence-electron chi connectivity index (χ3n) is 8.88. The summed E-state index contributed by atoms with van der Waals surface area (Å²) in [5.41, 5.74) is 5.68. The largest absolute Gasteiger partial charge is 0.460 e. The predicted molar refractivity (Wildman–Crippen MR) is 181 cm³/mol. The Balaban J connectivity index is 1.23. The maximum Gasteiger partial charge on any atom is 0.311 e. The van der Waals surface area contributed by atoms with Gasteiger partial charge in [0.25, 0.3) is 0 Å². The van der Waals surface area contributed by atoms with E-state index in [9.17, 15) is 9.59 Å². The lowest BCUT2D eigenvalue weighted by Crippen LogP contribution is -2.35. The van der Waals surface area contributed by atoms with Crippen LogP contribution in [0.25, 0.3) is 0 Å². The first kappa shape index (κ1) is 32.5. The fourth-order valence-corrected chi connectivity index (χ4v) is 6.46. The van der Waals surface area contributed by atoms with Crippen molar-refractivity contribution in [2.75, 3.05) is 41.7 Å². The van der Waals surface area contributed by atoms with Crippen molar-refractivity contribution < 1.29 is 14.3 Å². The van der Waals surface area contributed by atoms with E-state index in [1.807, 2.05) is 51.1 Å². The number of benzene rings is 2. The standard InChI is InChI=1S/C37H49N5O3/c1-5-32-34(39-24-30(36(44)45-37(2,3)4)22-31(43)16-13-26-10-7-6-8-11-26)40-25-41-35(32)42-20-17-27(18-21-42)29-15-14-28-12-9-19-38-33(28)23-29/h6-8,10-11,14-15,23,25,27,30,38H,5,9,12-13,16-22,24H2,1-4H3,(H,39,40,41)/t30-/m0/s1. The second-order valence-electron chi connectivity index (χ2n) is 13.4. The summed E-state index contributed by atoms with van der Waals surface area (Å²) in [5, 5.41) is 6.99. The Morgan fingerprint density at radius 2 is 1.87 bits per heavy atom. The van der Waals surface area contributed by atoms with Gasteiger partial charge in [0.15, 0.2) is 0 Å². The molecular weight excluding hydrogens is 562 g/mol. The first-order chi connectivity index (χ1) is 21.7. The molecule has 0 radical (unpaired) electrons. The van der Waals surface area contributed by atoms with Gasteiger partial charge in [-0.2, -0.15) is 0 Å². The number of ether oxygens (including phenoxy) is 1. The Hall–Kier alpha value is -3.94. The molecule has 2 aliphatic heterocycles. The van der Waals surface area contributed by atoms with Gasteiger partial charge >= 0.3 is 5.97 Å². The van der Waals surface area contributed by atoms with Crippen molar-refractivity contribution in [2.24, 2.45) is 5.92 Å². The molecule has 1 saturated heterocycles. The minimum Gasteiger partial charge on any atom is -0.460 e. The van der Waals surface area contributed by atoms with Crippen LogP contribution in [0.4, 0.5) is 17.3 Å². The van der Waals surface area contributed by atoms with Crippen molar-refractivity contribution in [1.82, 2.24) is 9.97 Å². The van der Waals surface area contributed by atoms with Crippen LogP contribution < -0.4 is 15.5 Å². The molecule has 45 heavy (non-hydrogen) atoms. The van der Waals surface area contributed by atoms with E-state index >= 15 is 0 Å². The summed E-state index contributed by atoms with van der Waals surface area (Å²) < 4.78 is 5.73. The summed E-state index contributed by atoms with van der Waals surface area (Å²) in [6, 6.07) is 17.0. The topological polar surface area (TPSA) is 96.5 Å². The number of rotatable bonds is 12. The van der Waals surface area contributed by atoms with Crippen molar-refractivity contribution in [1.29, 1.82) is 0 Å². The molecule has 240 valence electrons. The van der Waals surface area contributed by atoms with Gasteiger partial charge in [0.05, 0.1) is 5.92 Å². The molecule has 0 amide bonds. The van der Waals surface area contributed by atoms with Gasteiger partial charge in [-0.1, -0.05) is 49.4 Å². The summed E-state index contributed by atoms with van der Waals surface area (Å²) >= 11 is 0. The lowest BCUT2D eigenvalue weighted by Gasteiger charge is -2.34. The van der Waals surface area contributed by atoms with Gasteiger partial charge in [0, 0.05) is 50.3 Å². The molecule has 3 heterocycles. The molecule has 2 aliphatic rings. The highest BCUT2D eigenvalue weighted by molar-refractivity contribution is 5.85. The zero-order valence-corrected chi connectivity index (χ0v) is 27.4. The number of nitrogens with zero attached hydrogens (tertiary/aromatic N) is 3. The molecule has 2 N–H and O–H groups in total. The van der Waals surface area contributed by atoms with E-state index in [1.165, 1.54) is 23.2 Å². The average molecular weight is 612 g/mol. The number of piperidine rings is 1. The van der Waals surface area contributed by atoms with Crippen molar-refractivity contribution >= 4 is 29.1 Å². The number of nitrogens with one attached hydrogen (secondary N) is 2. The summed E-state index contributed by atoms with van der Waals surface area (Å²) in [6.45, 7) is 10.8. The lowest BCUT2D eigenvalue weighted by molar-refractivity contribution is -0.160. The SMILES string of the molecule is CCc1c(NC[C@H](CC(=O)CCc2ccccc2)C(=O)OC(C)(C)C)ncnc1N1CCC(c2ccc3c(c2)NCCC3)CC1. The average Bonchev–Trinajstić information content (AvgIpc) is 3.05. The molecule has 1 atom stereocenters. The number of Topliss-reactive ketones (excluding diaryl/α,β-unsaturated/α-hetero) is 1. The minimum absolute atomic E-state index is 0.0492. The number of hydrogen-bond acceptors (Lipinski definition) is 8. The first-order valence-corrected chi connectivity index (χ1v) is 16.7. The fraction of sp³-hybridized carbons (Fsp3) is 0.514. The lowest BCUT2D eigenvalue weighted by atomic mass is 9.87.